The predicted octanol–water partition coefficient (Wildman–Crippen LogP) is 2.23. The molecule has 0 nitrogen and oxygen atoms in total. The lowest BCUT2D eigenvalue weighted by molar-refractivity contribution is 1.54. The summed E-state index contributed by atoms with van der Waals surface area (Å²) in [6.07, 6.45) is 0. The van der Waals surface area contributed by atoms with Crippen LogP contribution in [0.2, 0.25) is 0 Å². The summed E-state index contributed by atoms with van der Waals surface area (Å²) in [5, 5.41) is 0. The van der Waals surface area contributed by atoms with Gasteiger partial charge >= 0.3 is 0 Å². The second-order valence-electron chi connectivity index (χ2n) is 0.481. The molecule has 0 saturated carbocycles. The van der Waals surface area contributed by atoms with E-state index in [1.165, 1.54) is 9.83 Å². The quantitative estimate of drug-likeness (QED) is 0.445. The van der Waals surface area contributed by atoms with Gasteiger partial charge in [-0.2, -0.15) is 0 Å². The van der Waals surface area contributed by atoms with Crippen LogP contribution in [0, 0.1) is 0 Å². The second kappa shape index (κ2) is 5.05. The largest absolute Gasteiger partial charge is 0.0997 e. The number of hydrogen-bond donors (Lipinski definition) is 1. The van der Waals surface area contributed by atoms with Crippen LogP contribution in [0.15, 0.2) is 0 Å². The maximum absolute atomic E-state index is 3.88. The van der Waals surface area contributed by atoms with Crippen molar-refractivity contribution in [3.05, 3.63) is 0 Å². The summed E-state index contributed by atoms with van der Waals surface area (Å²) >= 11 is 3.88. The molecule has 0 aromatic rings. The first-order valence-corrected chi connectivity index (χ1v) is 4.72. The van der Waals surface area contributed by atoms with Gasteiger partial charge in [-0.05, 0) is 9.83 Å². The van der Waals surface area contributed by atoms with Crippen molar-refractivity contribution < 1.29 is 0 Å². The van der Waals surface area contributed by atoms with E-state index < -0.39 is 0 Å². The highest BCUT2D eigenvalue weighted by atomic mass is 33.5. The zero-order chi connectivity index (χ0) is 4.12. The first-order valence-electron chi connectivity index (χ1n) is 1.35. The molecule has 0 aliphatic rings. The summed E-state index contributed by atoms with van der Waals surface area (Å²) in [7, 11) is 3.26. The van der Waals surface area contributed by atoms with Gasteiger partial charge in [-0.1, -0.05) is 29.4 Å². The Morgan fingerprint density at radius 3 is 2.40 bits per heavy atom. The van der Waals surface area contributed by atoms with Gasteiger partial charge in [0.25, 0.3) is 0 Å². The molecule has 32 valence electrons. The molecular weight excluding hydrogens is 120 g/mol. The normalized spacial score (nSPS) is 8.40. The molecule has 0 saturated heterocycles. The van der Waals surface area contributed by atoms with Gasteiger partial charge in [0.2, 0.25) is 0 Å². The Bertz CT molecular complexity index is 12.4. The Labute approximate surface area is 45.3 Å². The molecule has 0 fully saturated rings. The second-order valence-corrected chi connectivity index (χ2v) is 3.94. The van der Waals surface area contributed by atoms with Crippen molar-refractivity contribution in [2.24, 2.45) is 0 Å². The minimum Gasteiger partial charge on any atom is -0.0997 e. The molecule has 0 N–H and O–H groups in total. The van der Waals surface area contributed by atoms with Crippen LogP contribution >= 0.6 is 32.3 Å². The van der Waals surface area contributed by atoms with E-state index in [4.69, 9.17) is 0 Å². The third-order valence-corrected chi connectivity index (χ3v) is 2.48. The van der Waals surface area contributed by atoms with Crippen LogP contribution in [-0.2, 0) is 0 Å². The van der Waals surface area contributed by atoms with Gasteiger partial charge in [0, 0.05) is 5.75 Å². The first kappa shape index (κ1) is 6.05. The zero-order valence-electron chi connectivity index (χ0n) is 2.97. The van der Waals surface area contributed by atoms with Crippen molar-refractivity contribution in [1.82, 2.24) is 0 Å². The minimum atomic E-state index is 1.15. The van der Waals surface area contributed by atoms with Crippen LogP contribution in [0.25, 0.3) is 0 Å². The van der Waals surface area contributed by atoms with E-state index >= 15 is 0 Å². The average molecular weight is 126 g/mol. The number of hydrogen-bond acceptors (Lipinski definition) is 3. The molecule has 0 bridgehead atoms. The highest BCUT2D eigenvalue weighted by Gasteiger charge is 1.69. The molecule has 0 rings (SSSR count). The summed E-state index contributed by atoms with van der Waals surface area (Å²) < 4.78 is 0. The van der Waals surface area contributed by atoms with Crippen molar-refractivity contribution in [2.75, 3.05) is 5.75 Å². The summed E-state index contributed by atoms with van der Waals surface area (Å²) in [5.41, 5.74) is 0. The maximum atomic E-state index is 3.88. The SMILES string of the molecule is CCSSS. The fourth-order valence-electron chi connectivity index (χ4n) is 0.0527. The Morgan fingerprint density at radius 1 is 1.80 bits per heavy atom. The third kappa shape index (κ3) is 5.05. The summed E-state index contributed by atoms with van der Waals surface area (Å²) in [6.45, 7) is 2.11. The fraction of sp³-hybridized carbons (Fsp3) is 1.00. The van der Waals surface area contributed by atoms with E-state index in [-0.39, 0.29) is 0 Å². The molecule has 0 unspecified atom stereocenters. The zero-order valence-corrected chi connectivity index (χ0v) is 5.50. The van der Waals surface area contributed by atoms with E-state index in [1.807, 2.05) is 0 Å². The lowest BCUT2D eigenvalue weighted by Crippen LogP contribution is -1.48. The molecule has 0 atom stereocenters. The van der Waals surface area contributed by atoms with Gasteiger partial charge in [0.1, 0.15) is 0 Å². The minimum absolute atomic E-state index is 1.15. The first-order chi connectivity index (χ1) is 2.41. The smallest absolute Gasteiger partial charge is 0.00166 e. The van der Waals surface area contributed by atoms with Gasteiger partial charge in [-0.3, -0.25) is 0 Å². The highest BCUT2D eigenvalue weighted by molar-refractivity contribution is 9.05. The number of rotatable bonds is 2. The maximum Gasteiger partial charge on any atom is 0.00166 e. The fourth-order valence-corrected chi connectivity index (χ4v) is 1.42. The highest BCUT2D eigenvalue weighted by Crippen LogP contribution is 2.23. The molecule has 0 aliphatic carbocycles. The summed E-state index contributed by atoms with van der Waals surface area (Å²) in [4.78, 5) is 0. The van der Waals surface area contributed by atoms with Gasteiger partial charge in [-0.25, -0.2) is 0 Å². The van der Waals surface area contributed by atoms with Crippen molar-refractivity contribution in [3.63, 3.8) is 0 Å². The van der Waals surface area contributed by atoms with Gasteiger partial charge in [0.15, 0.2) is 0 Å². The average Bonchev–Trinajstić information content (AvgIpc) is 1.41. The van der Waals surface area contributed by atoms with Crippen LogP contribution in [0.4, 0.5) is 0 Å². The van der Waals surface area contributed by atoms with Crippen LogP contribution in [0.5, 0.6) is 0 Å². The molecule has 0 aliphatic heterocycles. The van der Waals surface area contributed by atoms with E-state index in [2.05, 4.69) is 18.6 Å². The summed E-state index contributed by atoms with van der Waals surface area (Å²) in [6, 6.07) is 0. The molecule has 0 radical (unpaired) electrons. The Balaban J connectivity index is 2.19. The van der Waals surface area contributed by atoms with E-state index in [1.54, 1.807) is 10.8 Å². The van der Waals surface area contributed by atoms with Gasteiger partial charge in [-0.15, -0.1) is 0 Å². The molecular formula is C2H6S3. The van der Waals surface area contributed by atoms with Crippen LogP contribution in [0.3, 0.4) is 0 Å². The van der Waals surface area contributed by atoms with Crippen LogP contribution < -0.4 is 0 Å². The molecule has 0 aromatic carbocycles. The van der Waals surface area contributed by atoms with E-state index in [9.17, 15) is 0 Å². The lowest BCUT2D eigenvalue weighted by atomic mass is 11.0. The van der Waals surface area contributed by atoms with Crippen molar-refractivity contribution in [1.29, 1.82) is 0 Å². The standard InChI is InChI=1S/C2H6S3/c1-2-4-5-3/h3H,2H2,1H3. The molecule has 0 amide bonds. The Kier molecular flexibility index (Phi) is 6.11. The summed E-state index contributed by atoms with van der Waals surface area (Å²) in [5.74, 6) is 1.15. The number of thiol groups is 1. The van der Waals surface area contributed by atoms with Crippen molar-refractivity contribution in [2.45, 2.75) is 6.92 Å². The monoisotopic (exact) mass is 126 g/mol. The third-order valence-electron chi connectivity index (χ3n) is 0.171. The topological polar surface area (TPSA) is 0 Å². The predicted molar refractivity (Wildman–Crippen MR) is 34.7 cm³/mol. The molecule has 5 heavy (non-hydrogen) atoms. The van der Waals surface area contributed by atoms with E-state index in [0.29, 0.717) is 0 Å². The van der Waals surface area contributed by atoms with Crippen molar-refractivity contribution >= 4 is 32.3 Å². The Morgan fingerprint density at radius 2 is 2.40 bits per heavy atom. The molecule has 0 aromatic heterocycles. The van der Waals surface area contributed by atoms with Crippen LogP contribution in [-0.4, -0.2) is 5.75 Å². The van der Waals surface area contributed by atoms with E-state index in [0.717, 1.165) is 5.75 Å². The molecule has 3 heteroatoms. The lowest BCUT2D eigenvalue weighted by Gasteiger charge is -1.78. The van der Waals surface area contributed by atoms with Crippen LogP contribution in [0.1, 0.15) is 6.92 Å². The van der Waals surface area contributed by atoms with Gasteiger partial charge in [0.05, 0.1) is 0 Å². The molecule has 0 heterocycles. The molecule has 0 spiro atoms. The Hall–Kier alpha value is 1.05. The van der Waals surface area contributed by atoms with Gasteiger partial charge < -0.3 is 0 Å². The van der Waals surface area contributed by atoms with Crippen molar-refractivity contribution in [3.8, 4) is 0 Å².